The van der Waals surface area contributed by atoms with Crippen LogP contribution >= 0.6 is 0 Å². The van der Waals surface area contributed by atoms with Gasteiger partial charge in [0.25, 0.3) is 5.91 Å². The highest BCUT2D eigenvalue weighted by molar-refractivity contribution is 5.94. The van der Waals surface area contributed by atoms with Gasteiger partial charge >= 0.3 is 12.8 Å². The zero-order chi connectivity index (χ0) is 15.3. The summed E-state index contributed by atoms with van der Waals surface area (Å²) >= 11 is 0. The Hall–Kier alpha value is -1.90. The van der Waals surface area contributed by atoms with Gasteiger partial charge in [-0.2, -0.15) is 22.0 Å². The normalized spacial score (nSPS) is 13.2. The van der Waals surface area contributed by atoms with Gasteiger partial charge in [0.1, 0.15) is 5.75 Å². The van der Waals surface area contributed by atoms with Crippen molar-refractivity contribution in [3.63, 3.8) is 0 Å². The van der Waals surface area contributed by atoms with E-state index in [2.05, 4.69) is 4.74 Å². The Morgan fingerprint density at radius 3 is 2.25 bits per heavy atom. The predicted molar refractivity (Wildman–Crippen MR) is 57.5 cm³/mol. The van der Waals surface area contributed by atoms with E-state index in [-0.39, 0.29) is 11.3 Å². The van der Waals surface area contributed by atoms with E-state index in [0.717, 1.165) is 24.3 Å². The van der Waals surface area contributed by atoms with Crippen LogP contribution in [0.5, 0.6) is 5.75 Å². The van der Waals surface area contributed by atoms with Crippen molar-refractivity contribution >= 4 is 5.91 Å². The number of hydrogen-bond acceptors (Lipinski definition) is 3. The molecular weight excluding hydrogens is 289 g/mol. The number of alkyl halides is 5. The third-order valence-electron chi connectivity index (χ3n) is 2.18. The third-order valence-corrected chi connectivity index (χ3v) is 2.18. The Bertz CT molecular complexity index is 446. The Morgan fingerprint density at radius 1 is 1.25 bits per heavy atom. The quantitative estimate of drug-likeness (QED) is 0.817. The fourth-order valence-corrected chi connectivity index (χ4v) is 1.19. The first-order valence-electron chi connectivity index (χ1n) is 5.28. The molecule has 2 N–H and O–H groups in total. The number of benzene rings is 1. The van der Waals surface area contributed by atoms with Crippen molar-refractivity contribution < 1.29 is 36.6 Å². The van der Waals surface area contributed by atoms with Gasteiger partial charge in [-0.15, -0.1) is 0 Å². The van der Waals surface area contributed by atoms with E-state index in [1.165, 1.54) is 0 Å². The summed E-state index contributed by atoms with van der Waals surface area (Å²) in [4.78, 5) is 11.4. The molecule has 0 fully saturated rings. The number of aliphatic hydroxyl groups is 1. The lowest BCUT2D eigenvalue weighted by Gasteiger charge is -2.15. The Balaban J connectivity index is 2.56. The zero-order valence-electron chi connectivity index (χ0n) is 9.82. The summed E-state index contributed by atoms with van der Waals surface area (Å²) in [6, 6.07) is 4.35. The number of halogens is 5. The van der Waals surface area contributed by atoms with Gasteiger partial charge in [-0.3, -0.25) is 4.79 Å². The monoisotopic (exact) mass is 299 g/mol. The van der Waals surface area contributed by atoms with E-state index in [1.54, 1.807) is 0 Å². The van der Waals surface area contributed by atoms with Crippen molar-refractivity contribution in [1.29, 1.82) is 0 Å². The molecule has 0 saturated heterocycles. The van der Waals surface area contributed by atoms with Crippen LogP contribution in [0, 0.1) is 0 Å². The van der Waals surface area contributed by atoms with Crippen molar-refractivity contribution in [3.05, 3.63) is 29.8 Å². The Morgan fingerprint density at radius 2 is 1.80 bits per heavy atom. The van der Waals surface area contributed by atoms with Crippen molar-refractivity contribution in [2.75, 3.05) is 6.54 Å². The highest BCUT2D eigenvalue weighted by atomic mass is 19.4. The number of hydrogen-bond donors (Lipinski definition) is 2. The van der Waals surface area contributed by atoms with Gasteiger partial charge < -0.3 is 15.2 Å². The van der Waals surface area contributed by atoms with Gasteiger partial charge in [0.05, 0.1) is 6.54 Å². The molecule has 0 aliphatic carbocycles. The molecule has 112 valence electrons. The van der Waals surface area contributed by atoms with Crippen LogP contribution in [0.3, 0.4) is 0 Å². The average molecular weight is 299 g/mol. The number of carbonyl (C=O) groups is 1. The first-order valence-corrected chi connectivity index (χ1v) is 5.28. The minimum atomic E-state index is -4.83. The van der Waals surface area contributed by atoms with Crippen LogP contribution in [0.1, 0.15) is 10.4 Å². The van der Waals surface area contributed by atoms with Crippen LogP contribution in [0.4, 0.5) is 22.0 Å². The molecule has 1 aromatic carbocycles. The molecule has 1 rings (SSSR count). The van der Waals surface area contributed by atoms with Crippen molar-refractivity contribution in [2.45, 2.75) is 18.9 Å². The largest absolute Gasteiger partial charge is 0.435 e. The van der Waals surface area contributed by atoms with E-state index < -0.39 is 31.3 Å². The van der Waals surface area contributed by atoms with Crippen molar-refractivity contribution in [3.8, 4) is 5.75 Å². The number of nitrogens with one attached hydrogen (secondary N) is 1. The maximum atomic E-state index is 12.0. The number of amides is 1. The highest BCUT2D eigenvalue weighted by Gasteiger charge is 2.38. The molecule has 0 spiro atoms. The van der Waals surface area contributed by atoms with E-state index in [1.807, 2.05) is 5.32 Å². The lowest BCUT2D eigenvalue weighted by Crippen LogP contribution is -2.40. The molecule has 0 aliphatic rings. The minimum Gasteiger partial charge on any atom is -0.435 e. The lowest BCUT2D eigenvalue weighted by molar-refractivity contribution is -0.201. The summed E-state index contributed by atoms with van der Waals surface area (Å²) < 4.78 is 63.7. The second-order valence-electron chi connectivity index (χ2n) is 3.67. The van der Waals surface area contributed by atoms with Crippen LogP contribution in [-0.4, -0.2) is 36.5 Å². The van der Waals surface area contributed by atoms with Gasteiger partial charge in [-0.1, -0.05) is 0 Å². The average Bonchev–Trinajstić information content (AvgIpc) is 2.34. The molecule has 0 aliphatic heterocycles. The third kappa shape index (κ3) is 5.00. The minimum absolute atomic E-state index is 0.0546. The summed E-state index contributed by atoms with van der Waals surface area (Å²) in [5, 5.41) is 10.5. The van der Waals surface area contributed by atoms with Crippen LogP contribution in [0.2, 0.25) is 0 Å². The number of carbonyl (C=O) groups excluding carboxylic acids is 1. The number of rotatable bonds is 5. The summed E-state index contributed by atoms with van der Waals surface area (Å²) in [5.74, 6) is -1.07. The molecular formula is C11H10F5NO3. The molecule has 1 aromatic rings. The molecule has 4 nitrogen and oxygen atoms in total. The topological polar surface area (TPSA) is 58.6 Å². The fourth-order valence-electron chi connectivity index (χ4n) is 1.19. The van der Waals surface area contributed by atoms with Gasteiger partial charge in [-0.25, -0.2) is 0 Å². The standard InChI is InChI=1S/C11H10F5NO3/c12-10(13)20-7-3-1-6(2-4-7)9(19)17-5-8(18)11(14,15)16/h1-4,8,10,18H,5H2,(H,17,19). The van der Waals surface area contributed by atoms with Gasteiger partial charge in [0.15, 0.2) is 6.10 Å². The molecule has 20 heavy (non-hydrogen) atoms. The molecule has 0 saturated carbocycles. The molecule has 1 atom stereocenters. The molecule has 0 heterocycles. The molecule has 0 bridgehead atoms. The Kier molecular flexibility index (Phi) is 5.26. The van der Waals surface area contributed by atoms with E-state index >= 15 is 0 Å². The van der Waals surface area contributed by atoms with Crippen LogP contribution in [-0.2, 0) is 0 Å². The summed E-state index contributed by atoms with van der Waals surface area (Å²) in [6.07, 6.45) is -7.50. The summed E-state index contributed by atoms with van der Waals surface area (Å²) in [7, 11) is 0. The maximum Gasteiger partial charge on any atom is 0.416 e. The molecule has 9 heteroatoms. The molecule has 0 aromatic heterocycles. The first-order chi connectivity index (χ1) is 9.20. The summed E-state index contributed by atoms with van der Waals surface area (Å²) in [6.45, 7) is -4.02. The van der Waals surface area contributed by atoms with Gasteiger partial charge in [-0.05, 0) is 24.3 Å². The van der Waals surface area contributed by atoms with E-state index in [4.69, 9.17) is 5.11 Å². The molecule has 0 radical (unpaired) electrons. The molecule has 1 amide bonds. The predicted octanol–water partition coefficient (Wildman–Crippen LogP) is 1.94. The zero-order valence-corrected chi connectivity index (χ0v) is 9.82. The van der Waals surface area contributed by atoms with E-state index in [0.29, 0.717) is 0 Å². The maximum absolute atomic E-state index is 12.0. The smallest absolute Gasteiger partial charge is 0.416 e. The van der Waals surface area contributed by atoms with Crippen molar-refractivity contribution in [2.24, 2.45) is 0 Å². The SMILES string of the molecule is O=C(NCC(O)C(F)(F)F)c1ccc(OC(F)F)cc1. The van der Waals surface area contributed by atoms with Gasteiger partial charge in [0, 0.05) is 5.56 Å². The van der Waals surface area contributed by atoms with Crippen LogP contribution in [0.15, 0.2) is 24.3 Å². The van der Waals surface area contributed by atoms with Crippen LogP contribution in [0.25, 0.3) is 0 Å². The molecule has 1 unspecified atom stereocenters. The van der Waals surface area contributed by atoms with Gasteiger partial charge in [0.2, 0.25) is 0 Å². The van der Waals surface area contributed by atoms with E-state index in [9.17, 15) is 26.7 Å². The number of ether oxygens (including phenoxy) is 1. The van der Waals surface area contributed by atoms with Crippen LogP contribution < -0.4 is 10.1 Å². The first kappa shape index (κ1) is 16.2. The lowest BCUT2D eigenvalue weighted by atomic mass is 10.2. The Labute approximate surface area is 110 Å². The summed E-state index contributed by atoms with van der Waals surface area (Å²) in [5.41, 5.74) is -0.0546. The highest BCUT2D eigenvalue weighted by Crippen LogP contribution is 2.19. The second-order valence-corrected chi connectivity index (χ2v) is 3.67. The second kappa shape index (κ2) is 6.51. The van der Waals surface area contributed by atoms with Crippen molar-refractivity contribution in [1.82, 2.24) is 5.32 Å². The number of aliphatic hydroxyl groups excluding tert-OH is 1. The fraction of sp³-hybridized carbons (Fsp3) is 0.364.